The largest absolute Gasteiger partial charge is 0.454 e. The predicted molar refractivity (Wildman–Crippen MR) is 104 cm³/mol. The minimum absolute atomic E-state index is 0.0998. The summed E-state index contributed by atoms with van der Waals surface area (Å²) in [6, 6.07) is 7.54. The van der Waals surface area contributed by atoms with Crippen molar-refractivity contribution in [2.75, 3.05) is 6.79 Å². The average molecular weight is 462 g/mol. The minimum Gasteiger partial charge on any atom is -0.454 e. The van der Waals surface area contributed by atoms with E-state index in [2.05, 4.69) is 15.4 Å². The summed E-state index contributed by atoms with van der Waals surface area (Å²) in [5.74, 6) is -4.81. The van der Waals surface area contributed by atoms with E-state index in [1.54, 1.807) is 12.1 Å². The molecule has 0 amide bonds. The zero-order valence-electron chi connectivity index (χ0n) is 17.1. The van der Waals surface area contributed by atoms with Crippen LogP contribution in [-0.4, -0.2) is 38.0 Å². The second kappa shape index (κ2) is 6.43. The van der Waals surface area contributed by atoms with Gasteiger partial charge in [-0.2, -0.15) is 4.80 Å². The van der Waals surface area contributed by atoms with Gasteiger partial charge in [-0.25, -0.2) is 17.6 Å². The van der Waals surface area contributed by atoms with E-state index in [-0.39, 0.29) is 26.1 Å². The third-order valence-electron chi connectivity index (χ3n) is 7.34. The van der Waals surface area contributed by atoms with E-state index in [1.807, 2.05) is 6.07 Å². The Hall–Kier alpha value is -3.21. The van der Waals surface area contributed by atoms with E-state index in [4.69, 9.17) is 9.47 Å². The Bertz CT molecular complexity index is 1230. The van der Waals surface area contributed by atoms with E-state index in [0.29, 0.717) is 17.6 Å². The fraction of sp³-hybridized carbons (Fsp3) is 0.409. The summed E-state index contributed by atoms with van der Waals surface area (Å²) < 4.78 is 71.2. The van der Waals surface area contributed by atoms with E-state index in [9.17, 15) is 13.9 Å². The van der Waals surface area contributed by atoms with E-state index >= 15 is 8.78 Å². The van der Waals surface area contributed by atoms with E-state index in [1.165, 1.54) is 0 Å². The van der Waals surface area contributed by atoms with Gasteiger partial charge in [0.25, 0.3) is 5.92 Å². The summed E-state index contributed by atoms with van der Waals surface area (Å²) >= 11 is 0. The first-order valence-corrected chi connectivity index (χ1v) is 10.3. The first-order valence-electron chi connectivity index (χ1n) is 10.3. The van der Waals surface area contributed by atoms with Gasteiger partial charge in [0.15, 0.2) is 23.4 Å². The first-order chi connectivity index (χ1) is 15.7. The second-order valence-electron chi connectivity index (χ2n) is 9.18. The van der Waals surface area contributed by atoms with Crippen molar-refractivity contribution in [2.45, 2.75) is 42.7 Å². The van der Waals surface area contributed by atoms with Crippen LogP contribution in [0.15, 0.2) is 42.7 Å². The molecular weight excluding hydrogens is 444 g/mol. The quantitative estimate of drug-likeness (QED) is 0.566. The Labute approximate surface area is 184 Å². The van der Waals surface area contributed by atoms with Crippen LogP contribution in [0.2, 0.25) is 0 Å². The SMILES string of the molecule is OC(Cn1ncnn1)(c1ccc(F)cc1F)C(F)(F)C12CC(c3ccc4c(c3)OCO4)(C1)C2. The molecule has 11 heteroatoms. The molecule has 3 aromatic rings. The highest BCUT2D eigenvalue weighted by molar-refractivity contribution is 5.51. The molecule has 0 saturated heterocycles. The minimum atomic E-state index is -3.77. The molecule has 3 saturated carbocycles. The maximum Gasteiger partial charge on any atom is 0.287 e. The number of halogens is 4. The van der Waals surface area contributed by atoms with Crippen molar-refractivity contribution in [1.29, 1.82) is 0 Å². The maximum absolute atomic E-state index is 16.2. The zero-order chi connectivity index (χ0) is 23.1. The Morgan fingerprint density at radius 1 is 1.03 bits per heavy atom. The van der Waals surface area contributed by atoms with Crippen LogP contribution in [0.5, 0.6) is 11.5 Å². The second-order valence-corrected chi connectivity index (χ2v) is 9.18. The van der Waals surface area contributed by atoms with Gasteiger partial charge in [0.05, 0.1) is 0 Å². The highest BCUT2D eigenvalue weighted by Crippen LogP contribution is 2.80. The molecule has 7 nitrogen and oxygen atoms in total. The molecule has 1 unspecified atom stereocenters. The highest BCUT2D eigenvalue weighted by Gasteiger charge is 2.82. The highest BCUT2D eigenvalue weighted by atomic mass is 19.3. The van der Waals surface area contributed by atoms with Gasteiger partial charge in [-0.05, 0) is 59.7 Å². The third-order valence-corrected chi connectivity index (χ3v) is 7.34. The third kappa shape index (κ3) is 2.62. The number of hydrogen-bond donors (Lipinski definition) is 1. The zero-order valence-corrected chi connectivity index (χ0v) is 17.1. The number of aromatic nitrogens is 4. The lowest BCUT2D eigenvalue weighted by atomic mass is 9.30. The number of alkyl halides is 2. The Morgan fingerprint density at radius 3 is 2.48 bits per heavy atom. The van der Waals surface area contributed by atoms with Crippen molar-refractivity contribution < 1.29 is 32.1 Å². The molecule has 3 aliphatic carbocycles. The molecule has 1 aromatic heterocycles. The molecule has 0 spiro atoms. The lowest BCUT2D eigenvalue weighted by Gasteiger charge is -2.74. The molecule has 2 aromatic carbocycles. The molecule has 3 fully saturated rings. The first kappa shape index (κ1) is 20.4. The molecule has 2 bridgehead atoms. The molecule has 1 aliphatic heterocycles. The lowest BCUT2D eigenvalue weighted by Crippen LogP contribution is -2.76. The molecule has 1 N–H and O–H groups in total. The van der Waals surface area contributed by atoms with Gasteiger partial charge in [-0.3, -0.25) is 0 Å². The summed E-state index contributed by atoms with van der Waals surface area (Å²) in [6.07, 6.45) is 1.32. The normalized spacial score (nSPS) is 26.9. The van der Waals surface area contributed by atoms with Gasteiger partial charge in [-0.15, -0.1) is 10.2 Å². The van der Waals surface area contributed by atoms with Crippen LogP contribution in [0.25, 0.3) is 0 Å². The summed E-state index contributed by atoms with van der Waals surface area (Å²) in [6.45, 7) is -0.734. The monoisotopic (exact) mass is 462 g/mol. The Balaban J connectivity index is 1.35. The van der Waals surface area contributed by atoms with E-state index in [0.717, 1.165) is 28.8 Å². The smallest absolute Gasteiger partial charge is 0.287 e. The fourth-order valence-electron chi connectivity index (χ4n) is 5.74. The van der Waals surface area contributed by atoms with Gasteiger partial charge < -0.3 is 14.6 Å². The molecule has 7 rings (SSSR count). The van der Waals surface area contributed by atoms with Gasteiger partial charge in [0.2, 0.25) is 6.79 Å². The van der Waals surface area contributed by atoms with Crippen molar-refractivity contribution in [3.63, 3.8) is 0 Å². The Kier molecular flexibility index (Phi) is 3.98. The van der Waals surface area contributed by atoms with Gasteiger partial charge >= 0.3 is 0 Å². The van der Waals surface area contributed by atoms with Crippen LogP contribution in [0.3, 0.4) is 0 Å². The molecular formula is C22H18F4N4O3. The van der Waals surface area contributed by atoms with Crippen LogP contribution in [-0.2, 0) is 17.6 Å². The number of ether oxygens (including phenoxy) is 2. The molecule has 172 valence electrons. The fourth-order valence-corrected chi connectivity index (χ4v) is 5.74. The van der Waals surface area contributed by atoms with Gasteiger partial charge in [0.1, 0.15) is 18.2 Å². The number of nitrogens with zero attached hydrogens (tertiary/aromatic N) is 4. The van der Waals surface area contributed by atoms with Crippen molar-refractivity contribution >= 4 is 0 Å². The molecule has 4 aliphatic rings. The predicted octanol–water partition coefficient (Wildman–Crippen LogP) is 3.33. The van der Waals surface area contributed by atoms with Crippen molar-refractivity contribution in [2.24, 2.45) is 5.41 Å². The van der Waals surface area contributed by atoms with Crippen molar-refractivity contribution in [3.8, 4) is 11.5 Å². The standard InChI is InChI=1S/C22H18F4N4O3/c23-14-2-3-15(16(24)6-14)21(31,10-30-28-11-27-29-30)22(25,26)20-7-19(8-20,9-20)13-1-4-17-18(5-13)33-12-32-17/h1-6,11,31H,7-10,12H2. The van der Waals surface area contributed by atoms with Crippen molar-refractivity contribution in [1.82, 2.24) is 20.2 Å². The number of fused-ring (bicyclic) bond motifs is 1. The van der Waals surface area contributed by atoms with Crippen LogP contribution >= 0.6 is 0 Å². The van der Waals surface area contributed by atoms with Crippen molar-refractivity contribution in [3.05, 3.63) is 65.5 Å². The number of aliphatic hydroxyl groups is 1. The Morgan fingerprint density at radius 2 is 1.79 bits per heavy atom. The average Bonchev–Trinajstić information content (AvgIpc) is 3.36. The van der Waals surface area contributed by atoms with Gasteiger partial charge in [0, 0.05) is 17.0 Å². The van der Waals surface area contributed by atoms with Gasteiger partial charge in [-0.1, -0.05) is 6.07 Å². The summed E-state index contributed by atoms with van der Waals surface area (Å²) in [5.41, 5.74) is -4.91. The summed E-state index contributed by atoms with van der Waals surface area (Å²) in [4.78, 5) is 0.774. The molecule has 0 radical (unpaired) electrons. The molecule has 33 heavy (non-hydrogen) atoms. The number of tetrazole rings is 1. The number of benzene rings is 2. The van der Waals surface area contributed by atoms with Crippen LogP contribution in [0.1, 0.15) is 30.4 Å². The van der Waals surface area contributed by atoms with Crippen LogP contribution < -0.4 is 9.47 Å². The maximum atomic E-state index is 16.2. The number of rotatable bonds is 6. The molecule has 2 heterocycles. The van der Waals surface area contributed by atoms with Crippen LogP contribution in [0, 0.1) is 17.0 Å². The summed E-state index contributed by atoms with van der Waals surface area (Å²) in [5, 5.41) is 22.1. The molecule has 1 atom stereocenters. The van der Waals surface area contributed by atoms with Crippen LogP contribution in [0.4, 0.5) is 17.6 Å². The number of hydrogen-bond acceptors (Lipinski definition) is 6. The lowest BCUT2D eigenvalue weighted by molar-refractivity contribution is -0.348. The summed E-state index contributed by atoms with van der Waals surface area (Å²) in [7, 11) is 0. The topological polar surface area (TPSA) is 82.3 Å². The van der Waals surface area contributed by atoms with E-state index < -0.39 is 46.1 Å².